The summed E-state index contributed by atoms with van der Waals surface area (Å²) in [6, 6.07) is 18.9. The van der Waals surface area contributed by atoms with Gasteiger partial charge in [0.25, 0.3) is 0 Å². The van der Waals surface area contributed by atoms with Gasteiger partial charge in [0, 0.05) is 25.2 Å². The normalized spacial score (nSPS) is 11.5. The average molecular weight is 437 g/mol. The number of imidazole rings is 1. The zero-order valence-corrected chi connectivity index (χ0v) is 18.0. The van der Waals surface area contributed by atoms with Gasteiger partial charge in [-0.2, -0.15) is 0 Å². The predicted octanol–water partition coefficient (Wildman–Crippen LogP) is 4.18. The van der Waals surface area contributed by atoms with Gasteiger partial charge in [0.05, 0.1) is 12.9 Å². The van der Waals surface area contributed by atoms with Crippen LogP contribution in [-0.2, 0) is 32.2 Å². The Morgan fingerprint density at radius 3 is 2.28 bits per heavy atom. The van der Waals surface area contributed by atoms with Crippen molar-refractivity contribution in [1.82, 2.24) is 9.55 Å². The zero-order valence-electron chi connectivity index (χ0n) is 18.0. The Morgan fingerprint density at radius 1 is 0.906 bits per heavy atom. The third-order valence-electron chi connectivity index (χ3n) is 4.71. The fourth-order valence-corrected chi connectivity index (χ4v) is 3.05. The molecule has 0 bridgehead atoms. The number of hydrogen-bond donors (Lipinski definition) is 0. The monoisotopic (exact) mass is 436 g/mol. The van der Waals surface area contributed by atoms with Gasteiger partial charge in [-0.15, -0.1) is 0 Å². The van der Waals surface area contributed by atoms with Crippen LogP contribution in [0.1, 0.15) is 31.2 Å². The van der Waals surface area contributed by atoms with Crippen LogP contribution in [0, 0.1) is 0 Å². The van der Waals surface area contributed by atoms with E-state index in [4.69, 9.17) is 14.2 Å². The quantitative estimate of drug-likeness (QED) is 0.295. The van der Waals surface area contributed by atoms with Gasteiger partial charge in [-0.05, 0) is 30.5 Å². The van der Waals surface area contributed by atoms with E-state index in [-0.39, 0.29) is 38.0 Å². The Balaban J connectivity index is 1.36. The molecule has 0 aliphatic carbocycles. The fraction of sp³-hybridized carbons (Fsp3) is 0.320. The second kappa shape index (κ2) is 12.9. The number of benzene rings is 2. The van der Waals surface area contributed by atoms with Gasteiger partial charge in [-0.25, -0.2) is 4.98 Å². The van der Waals surface area contributed by atoms with Crippen LogP contribution >= 0.6 is 0 Å². The molecule has 3 rings (SSSR count). The summed E-state index contributed by atoms with van der Waals surface area (Å²) in [5.74, 6) is 0.133. The Morgan fingerprint density at radius 2 is 1.59 bits per heavy atom. The number of aromatic nitrogens is 2. The molecule has 0 saturated carbocycles. The molecular formula is C25H28N2O5. The van der Waals surface area contributed by atoms with Crippen molar-refractivity contribution in [3.63, 3.8) is 0 Å². The number of carbonyl (C=O) groups excluding carboxylic acids is 2. The van der Waals surface area contributed by atoms with Crippen LogP contribution in [0.25, 0.3) is 0 Å². The smallest absolute Gasteiger partial charge is 0.306 e. The number of hydrogen-bond acceptors (Lipinski definition) is 6. The Kier molecular flexibility index (Phi) is 9.33. The maximum atomic E-state index is 12.3. The van der Waals surface area contributed by atoms with E-state index in [9.17, 15) is 9.59 Å². The van der Waals surface area contributed by atoms with Crippen LogP contribution in [0.5, 0.6) is 5.75 Å². The summed E-state index contributed by atoms with van der Waals surface area (Å²) < 4.78 is 18.5. The minimum absolute atomic E-state index is 0.234. The molecule has 2 aromatic carbocycles. The molecule has 7 nitrogen and oxygen atoms in total. The van der Waals surface area contributed by atoms with E-state index in [0.29, 0.717) is 25.1 Å². The highest BCUT2D eigenvalue weighted by atomic mass is 16.6. The number of carbonyl (C=O) groups is 2. The molecule has 0 radical (unpaired) electrons. The maximum Gasteiger partial charge on any atom is 0.306 e. The van der Waals surface area contributed by atoms with E-state index in [0.717, 1.165) is 5.56 Å². The highest BCUT2D eigenvalue weighted by molar-refractivity contribution is 5.70. The van der Waals surface area contributed by atoms with Gasteiger partial charge >= 0.3 is 11.9 Å². The second-order valence-electron chi connectivity index (χ2n) is 7.35. The van der Waals surface area contributed by atoms with Gasteiger partial charge < -0.3 is 18.8 Å². The van der Waals surface area contributed by atoms with Crippen molar-refractivity contribution in [3.05, 3.63) is 84.9 Å². The molecule has 1 atom stereocenters. The molecule has 0 N–H and O–H groups in total. The molecule has 168 valence electrons. The highest BCUT2D eigenvalue weighted by Crippen LogP contribution is 2.12. The molecule has 0 fully saturated rings. The van der Waals surface area contributed by atoms with Crippen molar-refractivity contribution in [1.29, 1.82) is 0 Å². The van der Waals surface area contributed by atoms with E-state index >= 15 is 0 Å². The first-order valence-corrected chi connectivity index (χ1v) is 10.7. The molecule has 0 spiro atoms. The van der Waals surface area contributed by atoms with E-state index < -0.39 is 6.10 Å². The standard InChI is InChI=1S/C25H28N2O5/c28-24(31-18-21-9-3-1-4-10-21)13-7-8-14-25(29)32-23(17-27-16-15-26-20-27)19-30-22-11-5-2-6-12-22/h1-6,9-12,15-16,20,23H,7-8,13-14,17-19H2. The Bertz CT molecular complexity index is 929. The van der Waals surface area contributed by atoms with Gasteiger partial charge in [-0.3, -0.25) is 9.59 Å². The van der Waals surface area contributed by atoms with Gasteiger partial charge in [0.1, 0.15) is 19.0 Å². The van der Waals surface area contributed by atoms with Crippen molar-refractivity contribution in [3.8, 4) is 5.75 Å². The predicted molar refractivity (Wildman–Crippen MR) is 119 cm³/mol. The average Bonchev–Trinajstić information content (AvgIpc) is 3.33. The summed E-state index contributed by atoms with van der Waals surface area (Å²) in [5, 5.41) is 0. The lowest BCUT2D eigenvalue weighted by molar-refractivity contribution is -0.152. The van der Waals surface area contributed by atoms with Crippen molar-refractivity contribution >= 4 is 11.9 Å². The summed E-state index contributed by atoms with van der Waals surface area (Å²) in [4.78, 5) is 28.2. The first-order valence-electron chi connectivity index (χ1n) is 10.7. The molecule has 0 aliphatic rings. The highest BCUT2D eigenvalue weighted by Gasteiger charge is 2.16. The second-order valence-corrected chi connectivity index (χ2v) is 7.35. The Hall–Kier alpha value is -3.61. The lowest BCUT2D eigenvalue weighted by Gasteiger charge is -2.19. The summed E-state index contributed by atoms with van der Waals surface area (Å²) in [6.07, 6.45) is 6.33. The van der Waals surface area contributed by atoms with Gasteiger partial charge in [-0.1, -0.05) is 48.5 Å². The minimum atomic E-state index is -0.451. The molecule has 7 heteroatoms. The summed E-state index contributed by atoms with van der Waals surface area (Å²) >= 11 is 0. The SMILES string of the molecule is O=C(CCCCC(=O)OC(COc1ccccc1)Cn1ccnc1)OCc1ccccc1. The number of esters is 2. The lowest BCUT2D eigenvalue weighted by atomic mass is 10.2. The largest absolute Gasteiger partial charge is 0.490 e. The van der Waals surface area contributed by atoms with E-state index in [2.05, 4.69) is 4.98 Å². The molecule has 1 unspecified atom stereocenters. The Labute approximate surface area is 187 Å². The molecule has 0 aliphatic heterocycles. The zero-order chi connectivity index (χ0) is 22.4. The number of ether oxygens (including phenoxy) is 3. The fourth-order valence-electron chi connectivity index (χ4n) is 3.05. The first-order chi connectivity index (χ1) is 15.7. The van der Waals surface area contributed by atoms with Crippen LogP contribution in [0.3, 0.4) is 0 Å². The summed E-state index contributed by atoms with van der Waals surface area (Å²) in [6.45, 7) is 0.948. The molecule has 1 aromatic heterocycles. The lowest BCUT2D eigenvalue weighted by Crippen LogP contribution is -2.29. The third-order valence-corrected chi connectivity index (χ3v) is 4.71. The number of rotatable bonds is 13. The van der Waals surface area contributed by atoms with E-state index in [1.54, 1.807) is 12.5 Å². The minimum Gasteiger partial charge on any atom is -0.490 e. The van der Waals surface area contributed by atoms with Crippen LogP contribution in [-0.4, -0.2) is 34.2 Å². The third kappa shape index (κ3) is 8.63. The van der Waals surface area contributed by atoms with Crippen LogP contribution in [0.2, 0.25) is 0 Å². The van der Waals surface area contributed by atoms with E-state index in [1.807, 2.05) is 71.4 Å². The summed E-state index contributed by atoms with van der Waals surface area (Å²) in [7, 11) is 0. The number of unbranched alkanes of at least 4 members (excludes halogenated alkanes) is 1. The molecule has 0 saturated heterocycles. The van der Waals surface area contributed by atoms with Crippen LogP contribution in [0.15, 0.2) is 79.4 Å². The first kappa shape index (κ1) is 23.1. The van der Waals surface area contributed by atoms with Crippen molar-refractivity contribution < 1.29 is 23.8 Å². The molecule has 32 heavy (non-hydrogen) atoms. The van der Waals surface area contributed by atoms with Crippen molar-refractivity contribution in [2.24, 2.45) is 0 Å². The molecule has 0 amide bonds. The van der Waals surface area contributed by atoms with Crippen LogP contribution in [0.4, 0.5) is 0 Å². The molecule has 1 heterocycles. The van der Waals surface area contributed by atoms with Gasteiger partial charge in [0.15, 0.2) is 6.10 Å². The van der Waals surface area contributed by atoms with Crippen LogP contribution < -0.4 is 4.74 Å². The maximum absolute atomic E-state index is 12.3. The van der Waals surface area contributed by atoms with Crippen molar-refractivity contribution in [2.75, 3.05) is 6.61 Å². The number of para-hydroxylation sites is 1. The topological polar surface area (TPSA) is 79.7 Å². The molecular weight excluding hydrogens is 408 g/mol. The van der Waals surface area contributed by atoms with Gasteiger partial charge in [0.2, 0.25) is 0 Å². The number of nitrogens with zero attached hydrogens (tertiary/aromatic N) is 2. The molecule has 3 aromatic rings. The van der Waals surface area contributed by atoms with Crippen molar-refractivity contribution in [2.45, 2.75) is 44.9 Å². The summed E-state index contributed by atoms with van der Waals surface area (Å²) in [5.41, 5.74) is 0.950. The van der Waals surface area contributed by atoms with E-state index in [1.165, 1.54) is 0 Å².